The fourth-order valence-corrected chi connectivity index (χ4v) is 5.28. The van der Waals surface area contributed by atoms with Gasteiger partial charge in [0.15, 0.2) is 6.29 Å². The van der Waals surface area contributed by atoms with Gasteiger partial charge in [-0.25, -0.2) is 4.39 Å². The average Bonchev–Trinajstić information content (AvgIpc) is 3.36. The van der Waals surface area contributed by atoms with Crippen molar-refractivity contribution < 1.29 is 28.5 Å². The van der Waals surface area contributed by atoms with Gasteiger partial charge in [-0.05, 0) is 56.8 Å². The number of aliphatic hydroxyl groups excluding tert-OH is 1. The lowest BCUT2D eigenvalue weighted by Gasteiger charge is -2.29. The molecule has 0 radical (unpaired) electrons. The van der Waals surface area contributed by atoms with Crippen molar-refractivity contribution in [2.24, 2.45) is 17.8 Å². The molecule has 3 rings (SSSR count). The number of carbonyl (C=O) groups excluding carboxylic acids is 1. The van der Waals surface area contributed by atoms with Crippen LogP contribution in [0.2, 0.25) is 0 Å². The average molecular weight is 465 g/mol. The number of hydrogen-bond donors (Lipinski definition) is 1. The van der Waals surface area contributed by atoms with Crippen molar-refractivity contribution in [3.63, 3.8) is 0 Å². The fourth-order valence-electron chi connectivity index (χ4n) is 5.28. The molecule has 1 aliphatic heterocycles. The minimum Gasteiger partial charge on any atom is -0.469 e. The molecule has 186 valence electrons. The van der Waals surface area contributed by atoms with E-state index in [1.54, 1.807) is 6.08 Å². The molecule has 33 heavy (non-hydrogen) atoms. The highest BCUT2D eigenvalue weighted by Crippen LogP contribution is 2.49. The van der Waals surface area contributed by atoms with Gasteiger partial charge in [0, 0.05) is 18.9 Å². The van der Waals surface area contributed by atoms with Gasteiger partial charge in [0.1, 0.15) is 12.3 Å². The lowest BCUT2D eigenvalue weighted by atomic mass is 9.88. The highest BCUT2D eigenvalue weighted by atomic mass is 19.1. The van der Waals surface area contributed by atoms with Crippen LogP contribution in [-0.4, -0.2) is 49.5 Å². The third kappa shape index (κ3) is 7.76. The van der Waals surface area contributed by atoms with Gasteiger partial charge in [-0.1, -0.05) is 55.7 Å². The number of esters is 1. The van der Waals surface area contributed by atoms with Crippen LogP contribution >= 0.6 is 0 Å². The van der Waals surface area contributed by atoms with Crippen LogP contribution in [0, 0.1) is 17.8 Å². The van der Waals surface area contributed by atoms with Crippen LogP contribution in [0.4, 0.5) is 4.39 Å². The first-order chi connectivity index (χ1) is 16.0. The van der Waals surface area contributed by atoms with Gasteiger partial charge in [-0.2, -0.15) is 0 Å². The summed E-state index contributed by atoms with van der Waals surface area (Å²) in [5.74, 6) is 0.685. The van der Waals surface area contributed by atoms with Crippen molar-refractivity contribution >= 4 is 5.97 Å². The molecule has 2 fully saturated rings. The molecule has 1 heterocycles. The zero-order valence-electron chi connectivity index (χ0n) is 20.2. The molecule has 0 bridgehead atoms. The van der Waals surface area contributed by atoms with Gasteiger partial charge in [0.2, 0.25) is 0 Å². The van der Waals surface area contributed by atoms with E-state index < -0.39 is 12.3 Å². The highest BCUT2D eigenvalue weighted by molar-refractivity contribution is 5.69. The predicted molar refractivity (Wildman–Crippen MR) is 126 cm³/mol. The SMILES string of the molecule is CCCCC(F)C(O)/C=C/[C@H]1[C@H]2CC(C=CCCC(=O)OC)=C[C@H]2C[C@H]1OC1CCCCO1. The molecule has 0 aromatic rings. The molecule has 6 heteroatoms. The summed E-state index contributed by atoms with van der Waals surface area (Å²) in [4.78, 5) is 11.3. The largest absolute Gasteiger partial charge is 0.469 e. The molecule has 2 aliphatic carbocycles. The number of methoxy groups -OCH3 is 1. The van der Waals surface area contributed by atoms with E-state index in [1.165, 1.54) is 12.7 Å². The van der Waals surface area contributed by atoms with E-state index in [1.807, 2.05) is 19.1 Å². The molecule has 7 atom stereocenters. The van der Waals surface area contributed by atoms with Crippen LogP contribution in [-0.2, 0) is 19.0 Å². The first-order valence-electron chi connectivity index (χ1n) is 12.7. The summed E-state index contributed by atoms with van der Waals surface area (Å²) in [6, 6.07) is 0. The van der Waals surface area contributed by atoms with Crippen molar-refractivity contribution in [1.29, 1.82) is 0 Å². The maximum absolute atomic E-state index is 14.3. The molecule has 1 saturated heterocycles. The van der Waals surface area contributed by atoms with E-state index in [0.29, 0.717) is 31.1 Å². The number of alkyl halides is 1. The highest BCUT2D eigenvalue weighted by Gasteiger charge is 2.45. The number of halogens is 1. The quantitative estimate of drug-likeness (QED) is 0.308. The second-order valence-electron chi connectivity index (χ2n) is 9.61. The van der Waals surface area contributed by atoms with Crippen LogP contribution in [0.5, 0.6) is 0 Å². The summed E-state index contributed by atoms with van der Waals surface area (Å²) in [6.45, 7) is 2.77. The number of fused-ring (bicyclic) bond motifs is 1. The molecule has 3 aliphatic rings. The number of unbranched alkanes of at least 4 members (excludes halogenated alkanes) is 1. The number of carbonyl (C=O) groups is 1. The Hall–Kier alpha value is -1.50. The summed E-state index contributed by atoms with van der Waals surface area (Å²) in [6.07, 6.45) is 15.7. The van der Waals surface area contributed by atoms with E-state index in [-0.39, 0.29) is 24.3 Å². The van der Waals surface area contributed by atoms with Crippen molar-refractivity contribution in [3.8, 4) is 0 Å². The topological polar surface area (TPSA) is 65.0 Å². The zero-order chi connectivity index (χ0) is 23.6. The Morgan fingerprint density at radius 3 is 2.97 bits per heavy atom. The number of rotatable bonds is 12. The monoisotopic (exact) mass is 464 g/mol. The Kier molecular flexibility index (Phi) is 10.6. The van der Waals surface area contributed by atoms with Gasteiger partial charge in [0.05, 0.1) is 13.2 Å². The number of allylic oxidation sites excluding steroid dienone is 4. The predicted octanol–water partition coefficient (Wildman–Crippen LogP) is 5.44. The van der Waals surface area contributed by atoms with Crippen LogP contribution in [0.3, 0.4) is 0 Å². The fraction of sp³-hybridized carbons (Fsp3) is 0.741. The molecule has 5 nitrogen and oxygen atoms in total. The summed E-state index contributed by atoms with van der Waals surface area (Å²) in [5, 5.41) is 10.3. The number of hydrogen-bond acceptors (Lipinski definition) is 5. The Morgan fingerprint density at radius 2 is 2.24 bits per heavy atom. The van der Waals surface area contributed by atoms with E-state index in [9.17, 15) is 14.3 Å². The third-order valence-electron chi connectivity index (χ3n) is 7.15. The van der Waals surface area contributed by atoms with Crippen LogP contribution in [0.15, 0.2) is 36.0 Å². The van der Waals surface area contributed by atoms with Gasteiger partial charge in [-0.3, -0.25) is 4.79 Å². The molecule has 1 N–H and O–H groups in total. The van der Waals surface area contributed by atoms with Crippen LogP contribution < -0.4 is 0 Å². The Morgan fingerprint density at radius 1 is 1.39 bits per heavy atom. The van der Waals surface area contributed by atoms with Crippen LogP contribution in [0.1, 0.15) is 71.1 Å². The van der Waals surface area contributed by atoms with E-state index >= 15 is 0 Å². The van der Waals surface area contributed by atoms with Gasteiger partial charge in [-0.15, -0.1) is 0 Å². The lowest BCUT2D eigenvalue weighted by Crippen LogP contribution is -2.31. The zero-order valence-corrected chi connectivity index (χ0v) is 20.2. The normalized spacial score (nSPS) is 31.6. The van der Waals surface area contributed by atoms with Crippen molar-refractivity contribution in [1.82, 2.24) is 0 Å². The molecule has 0 spiro atoms. The Labute approximate surface area is 198 Å². The van der Waals surface area contributed by atoms with E-state index in [0.717, 1.165) is 51.6 Å². The lowest BCUT2D eigenvalue weighted by molar-refractivity contribution is -0.192. The first-order valence-corrected chi connectivity index (χ1v) is 12.7. The number of ether oxygens (including phenoxy) is 3. The second-order valence-corrected chi connectivity index (χ2v) is 9.61. The molecule has 1 saturated carbocycles. The standard InChI is InChI=1S/C27H41FO5/c1-3-4-10-23(28)24(29)14-13-21-22-17-19(9-5-6-11-26(30)31-2)16-20(22)18-25(21)33-27-12-7-8-15-32-27/h5,9,13-14,16,20-25,27,29H,3-4,6-8,10-12,15,17-18H2,1-2H3/b9-5?,14-13+/t20-,21-,22-,23?,24?,25+,27?/m0/s1. The summed E-state index contributed by atoms with van der Waals surface area (Å²) < 4.78 is 31.2. The minimum atomic E-state index is -1.23. The smallest absolute Gasteiger partial charge is 0.305 e. The molecule has 0 aromatic carbocycles. The summed E-state index contributed by atoms with van der Waals surface area (Å²) in [5.41, 5.74) is 1.27. The maximum atomic E-state index is 14.3. The second kappa shape index (κ2) is 13.4. The Balaban J connectivity index is 1.63. The summed E-state index contributed by atoms with van der Waals surface area (Å²) in [7, 11) is 1.41. The van der Waals surface area contributed by atoms with Crippen LogP contribution in [0.25, 0.3) is 0 Å². The van der Waals surface area contributed by atoms with E-state index in [2.05, 4.69) is 16.9 Å². The number of aliphatic hydroxyl groups is 1. The summed E-state index contributed by atoms with van der Waals surface area (Å²) >= 11 is 0. The maximum Gasteiger partial charge on any atom is 0.305 e. The van der Waals surface area contributed by atoms with Gasteiger partial charge < -0.3 is 19.3 Å². The first kappa shape index (κ1) is 26.1. The molecule has 0 amide bonds. The van der Waals surface area contributed by atoms with E-state index in [4.69, 9.17) is 9.47 Å². The molecular weight excluding hydrogens is 423 g/mol. The minimum absolute atomic E-state index is 0.0151. The van der Waals surface area contributed by atoms with Gasteiger partial charge in [0.25, 0.3) is 0 Å². The molecule has 0 aromatic heterocycles. The van der Waals surface area contributed by atoms with Gasteiger partial charge >= 0.3 is 5.97 Å². The van der Waals surface area contributed by atoms with Crippen molar-refractivity contribution in [2.45, 2.75) is 95.8 Å². The Bertz CT molecular complexity index is 697. The van der Waals surface area contributed by atoms with Crippen molar-refractivity contribution in [3.05, 3.63) is 36.0 Å². The third-order valence-corrected chi connectivity index (χ3v) is 7.15. The molecule has 3 unspecified atom stereocenters. The molecular formula is C27H41FO5. The van der Waals surface area contributed by atoms with Crippen molar-refractivity contribution in [2.75, 3.05) is 13.7 Å².